The van der Waals surface area contributed by atoms with E-state index in [-0.39, 0.29) is 16.9 Å². The Kier molecular flexibility index (Phi) is 6.22. The molecule has 2 aromatic carbocycles. The number of rotatable bonds is 6. The molecule has 0 radical (unpaired) electrons. The number of aromatic nitrogens is 2. The van der Waals surface area contributed by atoms with Gasteiger partial charge in [-0.15, -0.1) is 0 Å². The van der Waals surface area contributed by atoms with Crippen LogP contribution in [0.1, 0.15) is 32.0 Å². The second-order valence-electron chi connectivity index (χ2n) is 8.10. The molecule has 4 rings (SSSR count). The number of para-hydroxylation sites is 1. The van der Waals surface area contributed by atoms with Gasteiger partial charge in [-0.25, -0.2) is 0 Å². The van der Waals surface area contributed by atoms with Crippen molar-refractivity contribution in [1.29, 1.82) is 0 Å². The lowest BCUT2D eigenvalue weighted by Gasteiger charge is -2.14. The van der Waals surface area contributed by atoms with E-state index in [1.54, 1.807) is 50.6 Å². The van der Waals surface area contributed by atoms with E-state index in [0.717, 1.165) is 24.1 Å². The first kappa shape index (κ1) is 22.2. The van der Waals surface area contributed by atoms with Crippen LogP contribution in [0.15, 0.2) is 77.7 Å². The van der Waals surface area contributed by atoms with Gasteiger partial charge in [0.15, 0.2) is 13.1 Å². The number of benzene rings is 2. The lowest BCUT2D eigenvalue weighted by Crippen LogP contribution is -2.23. The van der Waals surface area contributed by atoms with Gasteiger partial charge in [-0.05, 0) is 35.9 Å². The molecule has 4 aromatic rings. The maximum atomic E-state index is 13.4. The van der Waals surface area contributed by atoms with Gasteiger partial charge in [0.25, 0.3) is 5.91 Å². The Labute approximate surface area is 192 Å². The molecule has 0 aliphatic heterocycles. The van der Waals surface area contributed by atoms with E-state index in [1.807, 2.05) is 41.7 Å². The van der Waals surface area contributed by atoms with Gasteiger partial charge in [0.2, 0.25) is 5.43 Å². The van der Waals surface area contributed by atoms with E-state index in [0.29, 0.717) is 23.1 Å². The summed E-state index contributed by atoms with van der Waals surface area (Å²) in [6.07, 6.45) is 1.60. The molecular formula is C26H24BN3O3. The van der Waals surface area contributed by atoms with Crippen LogP contribution in [0.3, 0.4) is 0 Å². The van der Waals surface area contributed by atoms with Gasteiger partial charge in [-0.2, -0.15) is 0 Å². The van der Waals surface area contributed by atoms with Crippen LogP contribution in [0, 0.1) is 0 Å². The Bertz CT molecular complexity index is 1430. The zero-order valence-corrected chi connectivity index (χ0v) is 18.9. The van der Waals surface area contributed by atoms with Gasteiger partial charge in [0.1, 0.15) is 0 Å². The second kappa shape index (κ2) is 9.24. The van der Waals surface area contributed by atoms with Crippen LogP contribution in [0.5, 0.6) is 0 Å². The quantitative estimate of drug-likeness (QED) is 0.343. The number of carbonyl (C=O) groups excluding carboxylic acids is 2. The topological polar surface area (TPSA) is 72.3 Å². The van der Waals surface area contributed by atoms with Crippen molar-refractivity contribution in [2.75, 3.05) is 14.1 Å². The first-order chi connectivity index (χ1) is 15.9. The fourth-order valence-corrected chi connectivity index (χ4v) is 3.83. The van der Waals surface area contributed by atoms with Crippen molar-refractivity contribution in [2.24, 2.45) is 0 Å². The largest absolute Gasteiger partial charge is 0.345 e. The highest BCUT2D eigenvalue weighted by atomic mass is 16.2. The molecule has 0 saturated heterocycles. The van der Waals surface area contributed by atoms with Gasteiger partial charge in [0, 0.05) is 36.8 Å². The Morgan fingerprint density at radius 2 is 1.70 bits per heavy atom. The third-order valence-corrected chi connectivity index (χ3v) is 5.57. The Balaban J connectivity index is 1.82. The summed E-state index contributed by atoms with van der Waals surface area (Å²) in [4.78, 5) is 45.1. The predicted molar refractivity (Wildman–Crippen MR) is 132 cm³/mol. The number of nitrogens with zero attached hydrogens (tertiary/aromatic N) is 3. The van der Waals surface area contributed by atoms with E-state index >= 15 is 0 Å². The van der Waals surface area contributed by atoms with Crippen molar-refractivity contribution in [3.05, 3.63) is 106 Å². The van der Waals surface area contributed by atoms with Crippen molar-refractivity contribution in [3.8, 4) is 0 Å². The molecule has 7 heteroatoms. The zero-order valence-electron chi connectivity index (χ0n) is 18.9. The number of ketones is 1. The molecule has 0 N–H and O–H groups in total. The molecule has 0 fully saturated rings. The molecule has 0 bridgehead atoms. The molecule has 2 heterocycles. The predicted octanol–water partition coefficient (Wildman–Crippen LogP) is 2.49. The monoisotopic (exact) mass is 437 g/mol. The average molecular weight is 437 g/mol. The van der Waals surface area contributed by atoms with E-state index in [9.17, 15) is 14.4 Å². The molecule has 0 unspecified atom stereocenters. The molecule has 2 aromatic heterocycles. The summed E-state index contributed by atoms with van der Waals surface area (Å²) in [5.74, 6) is -0.620. The summed E-state index contributed by atoms with van der Waals surface area (Å²) in [6.45, 7) is 2.47. The summed E-state index contributed by atoms with van der Waals surface area (Å²) in [7, 11) is 4.13. The lowest BCUT2D eigenvalue weighted by atomic mass is 9.77. The van der Waals surface area contributed by atoms with Crippen molar-refractivity contribution >= 4 is 35.5 Å². The first-order valence-electron chi connectivity index (χ1n) is 10.8. The summed E-state index contributed by atoms with van der Waals surface area (Å²) >= 11 is 0. The molecule has 164 valence electrons. The number of hydrogen-bond donors (Lipinski definition) is 0. The molecule has 0 aliphatic rings. The molecule has 0 saturated carbocycles. The Morgan fingerprint density at radius 3 is 2.45 bits per heavy atom. The van der Waals surface area contributed by atoms with Crippen LogP contribution in [-0.2, 0) is 6.54 Å². The number of pyridine rings is 2. The number of hydrogen-bond acceptors (Lipinski definition) is 4. The minimum Gasteiger partial charge on any atom is -0.345 e. The maximum Gasteiger partial charge on any atom is 0.253 e. The summed E-state index contributed by atoms with van der Waals surface area (Å²) in [5.41, 5.74) is 3.00. The first-order valence-corrected chi connectivity index (χ1v) is 10.8. The molecule has 6 nitrogen and oxygen atoms in total. The number of fused-ring (bicyclic) bond motifs is 1. The van der Waals surface area contributed by atoms with Gasteiger partial charge in [-0.1, -0.05) is 43.2 Å². The van der Waals surface area contributed by atoms with Gasteiger partial charge in [0.05, 0.1) is 23.3 Å². The van der Waals surface area contributed by atoms with Crippen LogP contribution < -0.4 is 11.0 Å². The van der Waals surface area contributed by atoms with Crippen LogP contribution in [0.25, 0.3) is 10.9 Å². The summed E-state index contributed by atoms with van der Waals surface area (Å²) in [5, 5.41) is 0.468. The van der Waals surface area contributed by atoms with Crippen LogP contribution in [0.2, 0.25) is 6.82 Å². The molecule has 0 atom stereocenters. The van der Waals surface area contributed by atoms with Crippen molar-refractivity contribution in [3.63, 3.8) is 0 Å². The SMILES string of the molecule is CBc1cccc(Cn2cc(C(=O)c3cccc(C(=O)N(C)C)c3)c(=O)c3ccccc32)n1. The van der Waals surface area contributed by atoms with Crippen molar-refractivity contribution in [2.45, 2.75) is 13.4 Å². The maximum absolute atomic E-state index is 13.4. The smallest absolute Gasteiger partial charge is 0.253 e. The molecule has 33 heavy (non-hydrogen) atoms. The minimum atomic E-state index is -0.414. The highest BCUT2D eigenvalue weighted by Gasteiger charge is 2.19. The fourth-order valence-electron chi connectivity index (χ4n) is 3.83. The lowest BCUT2D eigenvalue weighted by molar-refractivity contribution is 0.0827. The number of amides is 1. The Morgan fingerprint density at radius 1 is 0.970 bits per heavy atom. The third kappa shape index (κ3) is 4.48. The van der Waals surface area contributed by atoms with Crippen LogP contribution in [0.4, 0.5) is 0 Å². The standard InChI is InChI=1S/C26H24BN3O3/c1-27-23-13-7-10-19(28-23)15-30-16-21(25(32)20-11-4-5-12-22(20)30)24(31)17-8-6-9-18(14-17)26(33)29(2)3/h4-14,16,27H,15H2,1-3H3. The van der Waals surface area contributed by atoms with E-state index in [1.165, 1.54) is 11.0 Å². The fraction of sp³-hybridized carbons (Fsp3) is 0.154. The highest BCUT2D eigenvalue weighted by molar-refractivity contribution is 6.50. The molecule has 1 amide bonds. The van der Waals surface area contributed by atoms with Gasteiger partial charge < -0.3 is 9.47 Å². The third-order valence-electron chi connectivity index (χ3n) is 5.57. The minimum absolute atomic E-state index is 0.0646. The molecular weight excluding hydrogens is 413 g/mol. The summed E-state index contributed by atoms with van der Waals surface area (Å²) < 4.78 is 1.89. The average Bonchev–Trinajstić information content (AvgIpc) is 2.85. The Hall–Kier alpha value is -4.00. The van der Waals surface area contributed by atoms with E-state index in [4.69, 9.17) is 0 Å². The molecule has 0 aliphatic carbocycles. The van der Waals surface area contributed by atoms with Crippen molar-refractivity contribution in [1.82, 2.24) is 14.5 Å². The number of carbonyl (C=O) groups is 2. The normalized spacial score (nSPS) is 10.8. The zero-order chi connectivity index (χ0) is 23.5. The van der Waals surface area contributed by atoms with Gasteiger partial charge in [-0.3, -0.25) is 19.4 Å². The van der Waals surface area contributed by atoms with Crippen LogP contribution >= 0.6 is 0 Å². The second-order valence-corrected chi connectivity index (χ2v) is 8.10. The molecule has 0 spiro atoms. The highest BCUT2D eigenvalue weighted by Crippen LogP contribution is 2.17. The van der Waals surface area contributed by atoms with E-state index in [2.05, 4.69) is 4.98 Å². The van der Waals surface area contributed by atoms with Gasteiger partial charge >= 0.3 is 0 Å². The van der Waals surface area contributed by atoms with Crippen molar-refractivity contribution < 1.29 is 9.59 Å². The summed E-state index contributed by atoms with van der Waals surface area (Å²) in [6, 6.07) is 19.6. The van der Waals surface area contributed by atoms with E-state index < -0.39 is 5.78 Å². The van der Waals surface area contributed by atoms with Crippen LogP contribution in [-0.4, -0.2) is 47.5 Å².